The van der Waals surface area contributed by atoms with Gasteiger partial charge in [-0.25, -0.2) is 0 Å². The molecular weight excluding hydrogens is 297 g/mol. The topological polar surface area (TPSA) is 12.0 Å². The molecule has 2 aromatic rings. The van der Waals surface area contributed by atoms with Crippen molar-refractivity contribution in [2.24, 2.45) is 0 Å². The van der Waals surface area contributed by atoms with Gasteiger partial charge in [-0.15, -0.1) is 11.3 Å². The molecule has 0 bridgehead atoms. The van der Waals surface area contributed by atoms with Gasteiger partial charge in [-0.3, -0.25) is 0 Å². The van der Waals surface area contributed by atoms with Crippen LogP contribution in [0, 0.1) is 0 Å². The Kier molecular flexibility index (Phi) is 3.78. The number of halogens is 2. The van der Waals surface area contributed by atoms with E-state index in [4.69, 9.17) is 23.2 Å². The fraction of sp³-hybridized carbons (Fsp3) is 0.467. The van der Waals surface area contributed by atoms with Gasteiger partial charge in [-0.05, 0) is 36.5 Å². The summed E-state index contributed by atoms with van der Waals surface area (Å²) in [6, 6.07) is 4.52. The second-order valence-electron chi connectivity index (χ2n) is 5.48. The Morgan fingerprint density at radius 2 is 1.95 bits per heavy atom. The lowest BCUT2D eigenvalue weighted by molar-refractivity contribution is 0.686. The third-order valence-electron chi connectivity index (χ3n) is 3.56. The lowest BCUT2D eigenvalue weighted by Gasteiger charge is -2.09. The second-order valence-corrected chi connectivity index (χ2v) is 7.40. The maximum absolute atomic E-state index is 6.39. The van der Waals surface area contributed by atoms with E-state index in [0.29, 0.717) is 5.92 Å². The molecule has 0 spiro atoms. The van der Waals surface area contributed by atoms with E-state index < -0.39 is 0 Å². The van der Waals surface area contributed by atoms with E-state index >= 15 is 0 Å². The summed E-state index contributed by atoms with van der Waals surface area (Å²) in [5, 5.41) is 6.37. The normalized spacial score (nSPS) is 15.6. The Bertz CT molecular complexity index is 614. The molecule has 1 aromatic heterocycles. The summed E-state index contributed by atoms with van der Waals surface area (Å²) in [6.45, 7) is 5.38. The fourth-order valence-electron chi connectivity index (χ4n) is 2.47. The van der Waals surface area contributed by atoms with Crippen molar-refractivity contribution in [3.05, 3.63) is 32.6 Å². The van der Waals surface area contributed by atoms with Crippen molar-refractivity contribution in [3.8, 4) is 0 Å². The van der Waals surface area contributed by atoms with Gasteiger partial charge in [0.05, 0.1) is 9.72 Å². The van der Waals surface area contributed by atoms with Crippen LogP contribution in [-0.2, 0) is 6.54 Å². The van der Waals surface area contributed by atoms with Crippen molar-refractivity contribution >= 4 is 44.6 Å². The van der Waals surface area contributed by atoms with E-state index in [1.165, 1.54) is 23.3 Å². The molecule has 1 fully saturated rings. The molecular formula is C15H17Cl2NS. The molecule has 0 saturated heterocycles. The standard InChI is InChI=1S/C15H17Cl2NS/c1-8(2)13-12(7-18-9-3-4-9)19-15-11(17)6-5-10(16)14(13)15/h5-6,8-9,18H,3-4,7H2,1-2H3. The number of rotatable bonds is 4. The van der Waals surface area contributed by atoms with E-state index in [1.54, 1.807) is 11.3 Å². The van der Waals surface area contributed by atoms with Gasteiger partial charge in [0.25, 0.3) is 0 Å². The quantitative estimate of drug-likeness (QED) is 0.776. The highest BCUT2D eigenvalue weighted by Gasteiger charge is 2.23. The lowest BCUT2D eigenvalue weighted by atomic mass is 9.99. The first kappa shape index (κ1) is 13.7. The average Bonchev–Trinajstić information content (AvgIpc) is 3.10. The van der Waals surface area contributed by atoms with Crippen LogP contribution in [0.5, 0.6) is 0 Å². The largest absolute Gasteiger partial charge is 0.309 e. The minimum Gasteiger partial charge on any atom is -0.309 e. The number of hydrogen-bond acceptors (Lipinski definition) is 2. The van der Waals surface area contributed by atoms with Crippen molar-refractivity contribution in [3.63, 3.8) is 0 Å². The predicted molar refractivity (Wildman–Crippen MR) is 85.8 cm³/mol. The molecule has 0 radical (unpaired) electrons. The van der Waals surface area contributed by atoms with Crippen LogP contribution in [-0.4, -0.2) is 6.04 Å². The molecule has 0 atom stereocenters. The zero-order valence-corrected chi connectivity index (χ0v) is 13.4. The minimum absolute atomic E-state index is 0.459. The SMILES string of the molecule is CC(C)c1c(CNC2CC2)sc2c(Cl)ccc(Cl)c12. The molecule has 19 heavy (non-hydrogen) atoms. The molecule has 1 N–H and O–H groups in total. The summed E-state index contributed by atoms with van der Waals surface area (Å²) in [5.41, 5.74) is 1.36. The van der Waals surface area contributed by atoms with Crippen LogP contribution in [0.15, 0.2) is 12.1 Å². The lowest BCUT2D eigenvalue weighted by Crippen LogP contribution is -2.15. The van der Waals surface area contributed by atoms with Crippen LogP contribution in [0.25, 0.3) is 10.1 Å². The van der Waals surface area contributed by atoms with Gasteiger partial charge in [0, 0.05) is 27.9 Å². The molecule has 102 valence electrons. The first-order valence-electron chi connectivity index (χ1n) is 6.70. The first-order valence-corrected chi connectivity index (χ1v) is 8.27. The third-order valence-corrected chi connectivity index (χ3v) is 5.54. The van der Waals surface area contributed by atoms with Crippen molar-refractivity contribution in [1.29, 1.82) is 0 Å². The van der Waals surface area contributed by atoms with E-state index in [9.17, 15) is 0 Å². The number of hydrogen-bond donors (Lipinski definition) is 1. The monoisotopic (exact) mass is 313 g/mol. The zero-order valence-electron chi connectivity index (χ0n) is 11.1. The van der Waals surface area contributed by atoms with Crippen LogP contribution in [0.2, 0.25) is 10.0 Å². The summed E-state index contributed by atoms with van der Waals surface area (Å²) in [7, 11) is 0. The Balaban J connectivity index is 2.11. The molecule has 1 saturated carbocycles. The number of thiophene rings is 1. The van der Waals surface area contributed by atoms with Gasteiger partial charge in [-0.1, -0.05) is 37.0 Å². The fourth-order valence-corrected chi connectivity index (χ4v) is 4.39. The van der Waals surface area contributed by atoms with E-state index in [1.807, 2.05) is 12.1 Å². The summed E-state index contributed by atoms with van der Waals surface area (Å²) in [5.74, 6) is 0.459. The predicted octanol–water partition coefficient (Wildman–Crippen LogP) is 5.58. The molecule has 1 heterocycles. The van der Waals surface area contributed by atoms with Crippen molar-refractivity contribution in [1.82, 2.24) is 5.32 Å². The maximum atomic E-state index is 6.39. The molecule has 0 amide bonds. The Hall–Kier alpha value is -0.280. The number of nitrogens with one attached hydrogen (secondary N) is 1. The van der Waals surface area contributed by atoms with Gasteiger partial charge < -0.3 is 5.32 Å². The Morgan fingerprint density at radius 3 is 2.58 bits per heavy atom. The van der Waals surface area contributed by atoms with Crippen molar-refractivity contribution in [2.75, 3.05) is 0 Å². The van der Waals surface area contributed by atoms with Crippen molar-refractivity contribution in [2.45, 2.75) is 45.2 Å². The highest BCUT2D eigenvalue weighted by Crippen LogP contribution is 2.43. The average molecular weight is 314 g/mol. The van der Waals surface area contributed by atoms with E-state index in [-0.39, 0.29) is 0 Å². The van der Waals surface area contributed by atoms with Gasteiger partial charge in [0.2, 0.25) is 0 Å². The first-order chi connectivity index (χ1) is 9.08. The molecule has 4 heteroatoms. The molecule has 1 aliphatic carbocycles. The van der Waals surface area contributed by atoms with Gasteiger partial charge in [0.15, 0.2) is 0 Å². The minimum atomic E-state index is 0.459. The molecule has 0 aliphatic heterocycles. The molecule has 1 nitrogen and oxygen atoms in total. The zero-order chi connectivity index (χ0) is 13.6. The summed E-state index contributed by atoms with van der Waals surface area (Å²) < 4.78 is 1.13. The van der Waals surface area contributed by atoms with Crippen LogP contribution in [0.1, 0.15) is 43.0 Å². The Labute approximate surface area is 127 Å². The van der Waals surface area contributed by atoms with Crippen LogP contribution < -0.4 is 5.32 Å². The molecule has 0 unspecified atom stereocenters. The summed E-state index contributed by atoms with van der Waals surface area (Å²) >= 11 is 14.5. The highest BCUT2D eigenvalue weighted by atomic mass is 35.5. The van der Waals surface area contributed by atoms with Crippen LogP contribution in [0.3, 0.4) is 0 Å². The van der Waals surface area contributed by atoms with E-state index in [2.05, 4.69) is 19.2 Å². The van der Waals surface area contributed by atoms with Gasteiger partial charge in [-0.2, -0.15) is 0 Å². The molecule has 3 rings (SSSR count). The summed E-state index contributed by atoms with van der Waals surface area (Å²) in [6.07, 6.45) is 2.62. The summed E-state index contributed by atoms with van der Waals surface area (Å²) in [4.78, 5) is 1.38. The number of fused-ring (bicyclic) bond motifs is 1. The maximum Gasteiger partial charge on any atom is 0.0585 e. The molecule has 1 aromatic carbocycles. The Morgan fingerprint density at radius 1 is 1.26 bits per heavy atom. The van der Waals surface area contributed by atoms with Gasteiger partial charge in [0.1, 0.15) is 0 Å². The second kappa shape index (κ2) is 5.25. The highest BCUT2D eigenvalue weighted by molar-refractivity contribution is 7.20. The third kappa shape index (κ3) is 2.64. The van der Waals surface area contributed by atoms with Crippen LogP contribution >= 0.6 is 34.5 Å². The van der Waals surface area contributed by atoms with E-state index in [0.717, 1.165) is 32.7 Å². The smallest absolute Gasteiger partial charge is 0.0585 e. The number of benzene rings is 1. The molecule has 1 aliphatic rings. The van der Waals surface area contributed by atoms with Gasteiger partial charge >= 0.3 is 0 Å². The van der Waals surface area contributed by atoms with Crippen molar-refractivity contribution < 1.29 is 0 Å². The van der Waals surface area contributed by atoms with Crippen LogP contribution in [0.4, 0.5) is 0 Å².